The third kappa shape index (κ3) is 3.72. The van der Waals surface area contributed by atoms with Crippen molar-refractivity contribution in [3.63, 3.8) is 0 Å². The minimum atomic E-state index is 0.161. The highest BCUT2D eigenvalue weighted by Gasteiger charge is 2.12. The molecule has 0 bridgehead atoms. The molecule has 0 fully saturated rings. The van der Waals surface area contributed by atoms with E-state index in [9.17, 15) is 0 Å². The average molecular weight is 285 g/mol. The van der Waals surface area contributed by atoms with Crippen LogP contribution in [0.4, 0.5) is 5.82 Å². The first-order valence-corrected chi connectivity index (χ1v) is 7.50. The van der Waals surface area contributed by atoms with E-state index in [0.29, 0.717) is 0 Å². The van der Waals surface area contributed by atoms with Gasteiger partial charge in [0.25, 0.3) is 0 Å². The average Bonchev–Trinajstić information content (AvgIpc) is 2.47. The molecule has 0 unspecified atom stereocenters. The van der Waals surface area contributed by atoms with E-state index in [1.165, 1.54) is 0 Å². The van der Waals surface area contributed by atoms with E-state index in [1.807, 2.05) is 32.0 Å². The zero-order valence-electron chi connectivity index (χ0n) is 13.2. The summed E-state index contributed by atoms with van der Waals surface area (Å²) < 4.78 is 5.77. The Kier molecular flexibility index (Phi) is 5.14. The molecule has 1 heterocycles. The fourth-order valence-electron chi connectivity index (χ4n) is 2.30. The van der Waals surface area contributed by atoms with Crippen molar-refractivity contribution in [2.75, 3.05) is 11.9 Å². The summed E-state index contributed by atoms with van der Waals surface area (Å²) in [5.74, 6) is 1.79. The van der Waals surface area contributed by atoms with Gasteiger partial charge in [-0.2, -0.15) is 0 Å². The highest BCUT2D eigenvalue weighted by molar-refractivity contribution is 5.69. The van der Waals surface area contributed by atoms with Gasteiger partial charge in [0.2, 0.25) is 0 Å². The minimum absolute atomic E-state index is 0.161. The predicted octanol–water partition coefficient (Wildman–Crippen LogP) is 3.93. The van der Waals surface area contributed by atoms with Crippen LogP contribution in [0.2, 0.25) is 0 Å². The van der Waals surface area contributed by atoms with Gasteiger partial charge >= 0.3 is 0 Å². The van der Waals surface area contributed by atoms with Crippen LogP contribution in [0.5, 0.6) is 5.75 Å². The van der Waals surface area contributed by atoms with Crippen LogP contribution in [0.25, 0.3) is 11.3 Å². The summed E-state index contributed by atoms with van der Waals surface area (Å²) in [5, 5.41) is 3.30. The number of aromatic nitrogens is 2. The smallest absolute Gasteiger partial charge is 0.133 e. The molecule has 2 rings (SSSR count). The lowest BCUT2D eigenvalue weighted by atomic mass is 10.0. The standard InChI is InChI=1S/C17H23N3O/c1-5-15-16(19-11-20-17(15)18-6-2)13-8-7-9-14(10-13)21-12(3)4/h7-12H,5-6H2,1-4H3,(H,18,19,20). The van der Waals surface area contributed by atoms with Crippen molar-refractivity contribution in [3.05, 3.63) is 36.2 Å². The first kappa shape index (κ1) is 15.3. The van der Waals surface area contributed by atoms with E-state index in [-0.39, 0.29) is 6.10 Å². The fraction of sp³-hybridized carbons (Fsp3) is 0.412. The summed E-state index contributed by atoms with van der Waals surface area (Å²) in [6.45, 7) is 9.09. The van der Waals surface area contributed by atoms with Crippen LogP contribution in [0.1, 0.15) is 33.3 Å². The van der Waals surface area contributed by atoms with Gasteiger partial charge in [-0.05, 0) is 39.3 Å². The van der Waals surface area contributed by atoms with Gasteiger partial charge in [0, 0.05) is 17.7 Å². The van der Waals surface area contributed by atoms with Crippen molar-refractivity contribution >= 4 is 5.82 Å². The monoisotopic (exact) mass is 285 g/mol. The van der Waals surface area contributed by atoms with Crippen molar-refractivity contribution in [2.24, 2.45) is 0 Å². The summed E-state index contributed by atoms with van der Waals surface area (Å²) in [5.41, 5.74) is 3.17. The van der Waals surface area contributed by atoms with Crippen molar-refractivity contribution in [1.29, 1.82) is 0 Å². The summed E-state index contributed by atoms with van der Waals surface area (Å²) in [6.07, 6.45) is 2.66. The Hall–Kier alpha value is -2.10. The lowest BCUT2D eigenvalue weighted by Crippen LogP contribution is -2.07. The molecule has 0 radical (unpaired) electrons. The number of hydrogen-bond donors (Lipinski definition) is 1. The first-order valence-electron chi connectivity index (χ1n) is 7.50. The second-order valence-electron chi connectivity index (χ2n) is 5.13. The van der Waals surface area contributed by atoms with E-state index in [1.54, 1.807) is 6.33 Å². The van der Waals surface area contributed by atoms with Gasteiger partial charge in [-0.1, -0.05) is 19.1 Å². The van der Waals surface area contributed by atoms with Gasteiger partial charge in [-0.25, -0.2) is 9.97 Å². The van der Waals surface area contributed by atoms with Gasteiger partial charge in [-0.3, -0.25) is 0 Å². The Morgan fingerprint density at radius 1 is 1.19 bits per heavy atom. The largest absolute Gasteiger partial charge is 0.491 e. The van der Waals surface area contributed by atoms with Gasteiger partial charge < -0.3 is 10.1 Å². The molecule has 1 aromatic carbocycles. The quantitative estimate of drug-likeness (QED) is 0.873. The van der Waals surface area contributed by atoms with Crippen LogP contribution in [0.15, 0.2) is 30.6 Å². The number of hydrogen-bond acceptors (Lipinski definition) is 4. The Morgan fingerprint density at radius 3 is 2.67 bits per heavy atom. The van der Waals surface area contributed by atoms with Crippen LogP contribution >= 0.6 is 0 Å². The van der Waals surface area contributed by atoms with Crippen LogP contribution in [0, 0.1) is 0 Å². The second kappa shape index (κ2) is 7.07. The van der Waals surface area contributed by atoms with Gasteiger partial charge in [-0.15, -0.1) is 0 Å². The number of benzene rings is 1. The molecule has 0 spiro atoms. The Morgan fingerprint density at radius 2 is 2.00 bits per heavy atom. The minimum Gasteiger partial charge on any atom is -0.491 e. The number of nitrogens with one attached hydrogen (secondary N) is 1. The van der Waals surface area contributed by atoms with Crippen molar-refractivity contribution in [1.82, 2.24) is 9.97 Å². The molecular weight excluding hydrogens is 262 g/mol. The molecule has 112 valence electrons. The van der Waals surface area contributed by atoms with E-state index in [0.717, 1.165) is 41.4 Å². The number of anilines is 1. The maximum atomic E-state index is 5.77. The second-order valence-corrected chi connectivity index (χ2v) is 5.13. The Labute approximate surface area is 126 Å². The summed E-state index contributed by atoms with van der Waals surface area (Å²) >= 11 is 0. The number of nitrogens with zero attached hydrogens (tertiary/aromatic N) is 2. The highest BCUT2D eigenvalue weighted by atomic mass is 16.5. The number of rotatable bonds is 6. The Bertz CT molecular complexity index is 596. The first-order chi connectivity index (χ1) is 10.2. The maximum Gasteiger partial charge on any atom is 0.133 e. The summed E-state index contributed by atoms with van der Waals surface area (Å²) in [7, 11) is 0. The summed E-state index contributed by atoms with van der Waals surface area (Å²) in [4.78, 5) is 8.82. The predicted molar refractivity (Wildman–Crippen MR) is 86.8 cm³/mol. The number of ether oxygens (including phenoxy) is 1. The molecule has 0 saturated heterocycles. The zero-order valence-corrected chi connectivity index (χ0v) is 13.2. The van der Waals surface area contributed by atoms with Crippen molar-refractivity contribution in [2.45, 2.75) is 40.2 Å². The van der Waals surface area contributed by atoms with Gasteiger partial charge in [0.05, 0.1) is 11.8 Å². The lowest BCUT2D eigenvalue weighted by molar-refractivity contribution is 0.242. The van der Waals surface area contributed by atoms with E-state index in [4.69, 9.17) is 4.74 Å². The molecule has 0 atom stereocenters. The molecule has 2 aromatic rings. The highest BCUT2D eigenvalue weighted by Crippen LogP contribution is 2.28. The molecular formula is C17H23N3O. The molecule has 21 heavy (non-hydrogen) atoms. The lowest BCUT2D eigenvalue weighted by Gasteiger charge is -2.14. The van der Waals surface area contributed by atoms with Gasteiger partial charge in [0.15, 0.2) is 0 Å². The van der Waals surface area contributed by atoms with E-state index >= 15 is 0 Å². The van der Waals surface area contributed by atoms with Crippen LogP contribution < -0.4 is 10.1 Å². The molecule has 4 heteroatoms. The maximum absolute atomic E-state index is 5.77. The molecule has 0 amide bonds. The van der Waals surface area contributed by atoms with Crippen LogP contribution in [-0.2, 0) is 6.42 Å². The third-order valence-electron chi connectivity index (χ3n) is 3.12. The Balaban J connectivity index is 2.43. The van der Waals surface area contributed by atoms with E-state index in [2.05, 4.69) is 35.2 Å². The molecule has 1 aromatic heterocycles. The normalized spacial score (nSPS) is 10.7. The fourth-order valence-corrected chi connectivity index (χ4v) is 2.30. The SMILES string of the molecule is CCNc1ncnc(-c2cccc(OC(C)C)c2)c1CC. The third-order valence-corrected chi connectivity index (χ3v) is 3.12. The molecule has 0 saturated carbocycles. The van der Waals surface area contributed by atoms with Gasteiger partial charge in [0.1, 0.15) is 17.9 Å². The van der Waals surface area contributed by atoms with Crippen molar-refractivity contribution in [3.8, 4) is 17.0 Å². The molecule has 0 aliphatic rings. The van der Waals surface area contributed by atoms with Crippen molar-refractivity contribution < 1.29 is 4.74 Å². The zero-order chi connectivity index (χ0) is 15.2. The van der Waals surface area contributed by atoms with E-state index < -0.39 is 0 Å². The molecule has 0 aliphatic carbocycles. The van der Waals surface area contributed by atoms with Crippen LogP contribution in [0.3, 0.4) is 0 Å². The molecule has 1 N–H and O–H groups in total. The molecule has 4 nitrogen and oxygen atoms in total. The summed E-state index contributed by atoms with van der Waals surface area (Å²) in [6, 6.07) is 8.07. The topological polar surface area (TPSA) is 47.0 Å². The van der Waals surface area contributed by atoms with Crippen LogP contribution in [-0.4, -0.2) is 22.6 Å². The molecule has 0 aliphatic heterocycles.